The van der Waals surface area contributed by atoms with Gasteiger partial charge in [0.25, 0.3) is 0 Å². The molecule has 2 fully saturated rings. The van der Waals surface area contributed by atoms with Crippen molar-refractivity contribution in [2.75, 3.05) is 11.9 Å². The molecule has 0 spiro atoms. The first-order valence-corrected chi connectivity index (χ1v) is 8.28. The third-order valence-electron chi connectivity index (χ3n) is 4.82. The van der Waals surface area contributed by atoms with E-state index in [4.69, 9.17) is 0 Å². The maximum atomic E-state index is 12.4. The van der Waals surface area contributed by atoms with Crippen LogP contribution in [-0.2, 0) is 4.79 Å². The molecule has 3 amide bonds. The molecule has 1 unspecified atom stereocenters. The fraction of sp³-hybridized carbons (Fsp3) is 0.588. The van der Waals surface area contributed by atoms with Crippen LogP contribution in [0.15, 0.2) is 6.07 Å². The zero-order chi connectivity index (χ0) is 16.6. The van der Waals surface area contributed by atoms with Gasteiger partial charge in [0, 0.05) is 18.3 Å². The number of amides is 3. The molecule has 1 aliphatic carbocycles. The minimum atomic E-state index is -0.408. The lowest BCUT2D eigenvalue weighted by molar-refractivity contribution is -0.132. The second-order valence-electron chi connectivity index (χ2n) is 6.60. The molecular formula is C17H24N4O2. The van der Waals surface area contributed by atoms with Crippen molar-refractivity contribution in [1.82, 2.24) is 15.2 Å². The van der Waals surface area contributed by atoms with Gasteiger partial charge in [-0.25, -0.2) is 4.79 Å². The molecule has 3 rings (SSSR count). The molecule has 2 aliphatic rings. The van der Waals surface area contributed by atoms with E-state index in [-0.39, 0.29) is 11.9 Å². The van der Waals surface area contributed by atoms with Gasteiger partial charge in [-0.3, -0.25) is 9.78 Å². The van der Waals surface area contributed by atoms with Crippen LogP contribution in [0.25, 0.3) is 0 Å². The second-order valence-corrected chi connectivity index (χ2v) is 6.60. The summed E-state index contributed by atoms with van der Waals surface area (Å²) in [4.78, 5) is 30.9. The summed E-state index contributed by atoms with van der Waals surface area (Å²) < 4.78 is 0. The third kappa shape index (κ3) is 3.16. The monoisotopic (exact) mass is 316 g/mol. The molecule has 1 saturated heterocycles. The predicted octanol–water partition coefficient (Wildman–Crippen LogP) is 2.28. The molecule has 124 valence electrons. The van der Waals surface area contributed by atoms with Crippen molar-refractivity contribution in [2.45, 2.75) is 58.5 Å². The maximum Gasteiger partial charge on any atom is 0.319 e. The number of pyridine rings is 1. The van der Waals surface area contributed by atoms with Crippen LogP contribution < -0.4 is 10.6 Å². The summed E-state index contributed by atoms with van der Waals surface area (Å²) in [5.74, 6) is 0.0559. The lowest BCUT2D eigenvalue weighted by Gasteiger charge is -2.34. The van der Waals surface area contributed by atoms with E-state index >= 15 is 0 Å². The average molecular weight is 316 g/mol. The number of aromatic nitrogens is 1. The highest BCUT2D eigenvalue weighted by Crippen LogP contribution is 2.28. The average Bonchev–Trinajstić information content (AvgIpc) is 2.74. The van der Waals surface area contributed by atoms with Crippen LogP contribution in [0, 0.1) is 20.8 Å². The van der Waals surface area contributed by atoms with Crippen LogP contribution in [0.4, 0.5) is 10.5 Å². The summed E-state index contributed by atoms with van der Waals surface area (Å²) in [5, 5.41) is 5.65. The largest absolute Gasteiger partial charge is 0.338 e. The van der Waals surface area contributed by atoms with E-state index in [1.165, 1.54) is 6.42 Å². The van der Waals surface area contributed by atoms with Crippen LogP contribution in [-0.4, -0.2) is 40.5 Å². The van der Waals surface area contributed by atoms with Gasteiger partial charge in [-0.15, -0.1) is 0 Å². The molecule has 0 bridgehead atoms. The SMILES string of the molecule is Cc1cc(C)c(NC(=O)NC2CCN(C3CCC3)C2=O)c(C)n1. The Balaban J connectivity index is 1.61. The normalized spacial score (nSPS) is 21.3. The van der Waals surface area contributed by atoms with Gasteiger partial charge in [0.05, 0.1) is 11.4 Å². The molecule has 2 N–H and O–H groups in total. The number of aryl methyl sites for hydroxylation is 3. The molecule has 6 nitrogen and oxygen atoms in total. The fourth-order valence-corrected chi connectivity index (χ4v) is 3.42. The lowest BCUT2D eigenvalue weighted by atomic mass is 9.92. The van der Waals surface area contributed by atoms with Crippen LogP contribution in [0.3, 0.4) is 0 Å². The zero-order valence-corrected chi connectivity index (χ0v) is 14.0. The number of anilines is 1. The molecule has 2 heterocycles. The third-order valence-corrected chi connectivity index (χ3v) is 4.82. The summed E-state index contributed by atoms with van der Waals surface area (Å²) in [6.07, 6.45) is 4.08. The fourth-order valence-electron chi connectivity index (χ4n) is 3.42. The Kier molecular flexibility index (Phi) is 4.24. The van der Waals surface area contributed by atoms with Gasteiger partial charge in [-0.1, -0.05) is 0 Å². The molecule has 0 aromatic carbocycles. The van der Waals surface area contributed by atoms with E-state index in [0.717, 1.165) is 42.0 Å². The summed E-state index contributed by atoms with van der Waals surface area (Å²) in [6.45, 7) is 6.49. The Hall–Kier alpha value is -2.11. The molecular weight excluding hydrogens is 292 g/mol. The first-order chi connectivity index (χ1) is 11.0. The Labute approximate surface area is 136 Å². The van der Waals surface area contributed by atoms with Crippen molar-refractivity contribution in [3.63, 3.8) is 0 Å². The first kappa shape index (κ1) is 15.8. The van der Waals surface area contributed by atoms with Gasteiger partial charge in [0.2, 0.25) is 5.91 Å². The molecule has 1 aromatic heterocycles. The molecule has 1 aliphatic heterocycles. The number of hydrogen-bond donors (Lipinski definition) is 2. The Bertz CT molecular complexity index is 616. The first-order valence-electron chi connectivity index (χ1n) is 8.28. The van der Waals surface area contributed by atoms with Gasteiger partial charge in [0.1, 0.15) is 6.04 Å². The molecule has 1 atom stereocenters. The van der Waals surface area contributed by atoms with Crippen molar-refractivity contribution in [2.24, 2.45) is 0 Å². The lowest BCUT2D eigenvalue weighted by Crippen LogP contribution is -2.47. The topological polar surface area (TPSA) is 74.3 Å². The van der Waals surface area contributed by atoms with Crippen LogP contribution in [0.1, 0.15) is 42.6 Å². The Morgan fingerprint density at radius 3 is 2.61 bits per heavy atom. The number of hydrogen-bond acceptors (Lipinski definition) is 3. The van der Waals surface area contributed by atoms with Crippen molar-refractivity contribution >= 4 is 17.6 Å². The Morgan fingerprint density at radius 1 is 1.26 bits per heavy atom. The van der Waals surface area contributed by atoms with Crippen molar-refractivity contribution < 1.29 is 9.59 Å². The quantitative estimate of drug-likeness (QED) is 0.898. The summed E-state index contributed by atoms with van der Waals surface area (Å²) in [7, 11) is 0. The molecule has 23 heavy (non-hydrogen) atoms. The molecule has 6 heteroatoms. The molecule has 1 aromatic rings. The summed E-state index contributed by atoms with van der Waals surface area (Å²) in [6, 6.07) is 1.58. The van der Waals surface area contributed by atoms with Gasteiger partial charge >= 0.3 is 6.03 Å². The molecule has 0 radical (unpaired) electrons. The second kappa shape index (κ2) is 6.18. The minimum absolute atomic E-state index is 0.0559. The number of nitrogens with zero attached hydrogens (tertiary/aromatic N) is 2. The predicted molar refractivity (Wildman–Crippen MR) is 88.4 cm³/mol. The summed E-state index contributed by atoms with van der Waals surface area (Å²) >= 11 is 0. The highest BCUT2D eigenvalue weighted by Gasteiger charge is 2.38. The number of carbonyl (C=O) groups is 2. The maximum absolute atomic E-state index is 12.4. The van der Waals surface area contributed by atoms with E-state index in [2.05, 4.69) is 15.6 Å². The number of nitrogens with one attached hydrogen (secondary N) is 2. The van der Waals surface area contributed by atoms with Crippen molar-refractivity contribution in [1.29, 1.82) is 0 Å². The van der Waals surface area contributed by atoms with E-state index in [0.29, 0.717) is 12.5 Å². The van der Waals surface area contributed by atoms with E-state index in [1.54, 1.807) is 0 Å². The van der Waals surface area contributed by atoms with Gasteiger partial charge in [0.15, 0.2) is 0 Å². The van der Waals surface area contributed by atoms with Crippen LogP contribution in [0.5, 0.6) is 0 Å². The highest BCUT2D eigenvalue weighted by atomic mass is 16.2. The van der Waals surface area contributed by atoms with Crippen LogP contribution in [0.2, 0.25) is 0 Å². The van der Waals surface area contributed by atoms with Crippen LogP contribution >= 0.6 is 0 Å². The van der Waals surface area contributed by atoms with Gasteiger partial charge in [-0.2, -0.15) is 0 Å². The number of carbonyl (C=O) groups excluding carboxylic acids is 2. The Morgan fingerprint density at radius 2 is 2.00 bits per heavy atom. The van der Waals surface area contributed by atoms with Gasteiger partial charge < -0.3 is 15.5 Å². The smallest absolute Gasteiger partial charge is 0.319 e. The summed E-state index contributed by atoms with van der Waals surface area (Å²) in [5.41, 5.74) is 3.40. The number of rotatable bonds is 3. The van der Waals surface area contributed by atoms with E-state index < -0.39 is 6.04 Å². The standard InChI is InChI=1S/C17H24N4O2/c1-10-9-11(2)18-12(3)15(10)20-17(23)19-14-7-8-21(16(14)22)13-5-4-6-13/h9,13-14H,4-8H2,1-3H3,(H2,19,20,23). The number of urea groups is 1. The van der Waals surface area contributed by atoms with Crippen molar-refractivity contribution in [3.05, 3.63) is 23.0 Å². The van der Waals surface area contributed by atoms with Gasteiger partial charge in [-0.05, 0) is 58.1 Å². The number of likely N-dealkylation sites (tertiary alicyclic amines) is 1. The van der Waals surface area contributed by atoms with E-state index in [9.17, 15) is 9.59 Å². The minimum Gasteiger partial charge on any atom is -0.338 e. The van der Waals surface area contributed by atoms with E-state index in [1.807, 2.05) is 31.7 Å². The zero-order valence-electron chi connectivity index (χ0n) is 14.0. The highest BCUT2D eigenvalue weighted by molar-refractivity contribution is 5.95. The molecule has 1 saturated carbocycles. The van der Waals surface area contributed by atoms with Crippen molar-refractivity contribution in [3.8, 4) is 0 Å².